The molecule has 0 aromatic heterocycles. The maximum Gasteiger partial charge on any atom is 0.181 e. The van der Waals surface area contributed by atoms with E-state index in [9.17, 15) is 0 Å². The van der Waals surface area contributed by atoms with Gasteiger partial charge in [-0.3, -0.25) is 0 Å². The first kappa shape index (κ1) is 34.8. The van der Waals surface area contributed by atoms with E-state index in [1.165, 1.54) is 68.1 Å². The molecule has 0 fully saturated rings. The first-order valence-electron chi connectivity index (χ1n) is 20.0. The Morgan fingerprint density at radius 2 is 0.672 bits per heavy atom. The maximum atomic E-state index is 2.62. The summed E-state index contributed by atoms with van der Waals surface area (Å²) >= 11 is 1.93. The largest absolute Gasteiger partial charge is 0.311 e. The lowest BCUT2D eigenvalue weighted by molar-refractivity contribution is 1.29. The van der Waals surface area contributed by atoms with Gasteiger partial charge in [0, 0.05) is 26.9 Å². The molecule has 0 saturated carbocycles. The van der Waals surface area contributed by atoms with Crippen molar-refractivity contribution in [3.63, 3.8) is 0 Å². The van der Waals surface area contributed by atoms with E-state index in [1.807, 2.05) is 11.8 Å². The van der Waals surface area contributed by atoms with Crippen LogP contribution in [0.4, 0.5) is 17.1 Å². The van der Waals surface area contributed by atoms with Gasteiger partial charge in [0.1, 0.15) is 0 Å². The van der Waals surface area contributed by atoms with Gasteiger partial charge in [-0.25, -0.2) is 0 Å². The van der Waals surface area contributed by atoms with Crippen LogP contribution in [0.1, 0.15) is 0 Å². The Balaban J connectivity index is 1.27. The summed E-state index contributed by atoms with van der Waals surface area (Å²) in [6.45, 7) is 0. The fraction of sp³-hybridized carbons (Fsp3) is 0. The highest BCUT2D eigenvalue weighted by molar-refractivity contribution is 8.00. The molecule has 11 rings (SSSR count). The van der Waals surface area contributed by atoms with Crippen LogP contribution in [-0.4, -0.2) is 16.1 Å². The van der Waals surface area contributed by atoms with E-state index in [2.05, 4.69) is 241 Å². The van der Waals surface area contributed by atoms with E-state index in [-0.39, 0.29) is 0 Å². The highest BCUT2D eigenvalue weighted by Gasteiger charge is 2.58. The second-order valence-electron chi connectivity index (χ2n) is 15.2. The van der Waals surface area contributed by atoms with Gasteiger partial charge in [-0.2, -0.15) is 0 Å². The molecule has 9 aromatic rings. The SMILES string of the molecule is c1ccc(-c2ccc(N(c3ccccc3)c3ccc4c(c3)[Si]3(c5ccccc5Sc5ccccc53)c3ccccc3[Si]4(c3ccccc3)c3ccccc3)cc2)cc1. The monoisotopic (exact) mass is 789 g/mol. The summed E-state index contributed by atoms with van der Waals surface area (Å²) in [6.07, 6.45) is 0. The molecule has 1 spiro atoms. The predicted octanol–water partition coefficient (Wildman–Crippen LogP) is 8.36. The molecule has 9 aromatic carbocycles. The lowest BCUT2D eigenvalue weighted by Gasteiger charge is -2.50. The van der Waals surface area contributed by atoms with Crippen LogP contribution < -0.4 is 46.4 Å². The summed E-state index contributed by atoms with van der Waals surface area (Å²) in [4.78, 5) is 5.19. The molecule has 0 radical (unpaired) electrons. The Bertz CT molecular complexity index is 2830. The first-order valence-corrected chi connectivity index (χ1v) is 24.8. The molecule has 0 atom stereocenters. The zero-order valence-corrected chi connectivity index (χ0v) is 34.7. The predicted molar refractivity (Wildman–Crippen MR) is 251 cm³/mol. The van der Waals surface area contributed by atoms with Gasteiger partial charge in [-0.15, -0.1) is 0 Å². The van der Waals surface area contributed by atoms with Gasteiger partial charge in [0.25, 0.3) is 0 Å². The van der Waals surface area contributed by atoms with Crippen LogP contribution in [0, 0.1) is 0 Å². The van der Waals surface area contributed by atoms with Gasteiger partial charge in [0.15, 0.2) is 16.1 Å². The smallest absolute Gasteiger partial charge is 0.181 e. The minimum Gasteiger partial charge on any atom is -0.311 e. The number of hydrogen-bond donors (Lipinski definition) is 0. The molecule has 0 saturated heterocycles. The van der Waals surface area contributed by atoms with E-state index in [1.54, 1.807) is 0 Å². The molecule has 2 aliphatic heterocycles. The van der Waals surface area contributed by atoms with Gasteiger partial charge in [0.2, 0.25) is 0 Å². The average Bonchev–Trinajstić information content (AvgIpc) is 3.31. The molecule has 274 valence electrons. The quantitative estimate of drug-likeness (QED) is 0.156. The van der Waals surface area contributed by atoms with Crippen molar-refractivity contribution in [3.8, 4) is 11.1 Å². The molecule has 4 heteroatoms. The van der Waals surface area contributed by atoms with Crippen molar-refractivity contribution < 1.29 is 0 Å². The van der Waals surface area contributed by atoms with Crippen LogP contribution >= 0.6 is 11.8 Å². The van der Waals surface area contributed by atoms with Crippen molar-refractivity contribution in [1.29, 1.82) is 0 Å². The van der Waals surface area contributed by atoms with Gasteiger partial charge in [-0.1, -0.05) is 200 Å². The van der Waals surface area contributed by atoms with Gasteiger partial charge in [-0.05, 0) is 101 Å². The van der Waals surface area contributed by atoms with Crippen molar-refractivity contribution in [2.24, 2.45) is 0 Å². The third-order valence-corrected chi connectivity index (χ3v) is 24.1. The normalized spacial score (nSPS) is 14.1. The van der Waals surface area contributed by atoms with Gasteiger partial charge < -0.3 is 4.90 Å². The number of rotatable bonds is 6. The van der Waals surface area contributed by atoms with Crippen molar-refractivity contribution in [2.75, 3.05) is 4.90 Å². The number of benzene rings is 9. The Labute approximate surface area is 347 Å². The van der Waals surface area contributed by atoms with E-state index < -0.39 is 16.1 Å². The summed E-state index contributed by atoms with van der Waals surface area (Å²) < 4.78 is 0. The Kier molecular flexibility index (Phi) is 8.51. The number of hydrogen-bond acceptors (Lipinski definition) is 2. The number of anilines is 3. The Morgan fingerprint density at radius 3 is 1.24 bits per heavy atom. The van der Waals surface area contributed by atoms with Crippen LogP contribution in [0.15, 0.2) is 246 Å². The minimum absolute atomic E-state index is 1.13. The molecule has 2 aliphatic rings. The van der Waals surface area contributed by atoms with E-state index >= 15 is 0 Å². The molecule has 0 bridgehead atoms. The van der Waals surface area contributed by atoms with Crippen molar-refractivity contribution in [2.45, 2.75) is 9.79 Å². The van der Waals surface area contributed by atoms with Crippen LogP contribution in [0.5, 0.6) is 0 Å². The number of para-hydroxylation sites is 1. The summed E-state index contributed by atoms with van der Waals surface area (Å²) in [5.74, 6) is 0. The molecular formula is C54H39NSSi2. The molecule has 2 heterocycles. The molecule has 0 amide bonds. The van der Waals surface area contributed by atoms with Crippen molar-refractivity contribution >= 4 is 86.5 Å². The fourth-order valence-electron chi connectivity index (χ4n) is 9.93. The zero-order valence-electron chi connectivity index (χ0n) is 31.9. The highest BCUT2D eigenvalue weighted by atomic mass is 32.2. The first-order chi connectivity index (χ1) is 28.8. The Morgan fingerprint density at radius 1 is 0.276 bits per heavy atom. The summed E-state index contributed by atoms with van der Waals surface area (Å²) in [7, 11) is -5.83. The molecule has 0 unspecified atom stereocenters. The van der Waals surface area contributed by atoms with E-state index in [0.717, 1.165) is 11.4 Å². The van der Waals surface area contributed by atoms with Crippen LogP contribution in [-0.2, 0) is 0 Å². The summed E-state index contributed by atoms with van der Waals surface area (Å²) in [5, 5.41) is 11.8. The molecule has 0 N–H and O–H groups in total. The minimum atomic E-state index is -2.95. The summed E-state index contributed by atoms with van der Waals surface area (Å²) in [5.41, 5.74) is 5.86. The standard InChI is InChI=1S/C54H39NSSi2/c1-5-19-40(20-6-1)41-33-35-43(36-34-41)55(42-21-7-2-8-22-42)44-37-38-53-54(39-44)58(49-29-15-13-27-47(49)56-48-28-14-16-30-50(48)58)52-32-18-17-31-51(52)57(53,45-23-9-3-10-24-45)46-25-11-4-12-26-46/h1-39H. The zero-order chi connectivity index (χ0) is 38.5. The van der Waals surface area contributed by atoms with Crippen molar-refractivity contribution in [1.82, 2.24) is 0 Å². The summed E-state index contributed by atoms with van der Waals surface area (Å²) in [6, 6.07) is 89.3. The molecular weight excluding hydrogens is 751 g/mol. The van der Waals surface area contributed by atoms with E-state index in [4.69, 9.17) is 0 Å². The number of nitrogens with zero attached hydrogens (tertiary/aromatic N) is 1. The lowest BCUT2D eigenvalue weighted by atomic mass is 10.0. The highest BCUT2D eigenvalue weighted by Crippen LogP contribution is 2.38. The topological polar surface area (TPSA) is 3.24 Å². The van der Waals surface area contributed by atoms with E-state index in [0.29, 0.717) is 0 Å². The number of fused-ring (bicyclic) bond motifs is 8. The van der Waals surface area contributed by atoms with Crippen molar-refractivity contribution in [3.05, 3.63) is 237 Å². The molecule has 58 heavy (non-hydrogen) atoms. The fourth-order valence-corrected chi connectivity index (χ4v) is 24.2. The maximum absolute atomic E-state index is 2.95. The second-order valence-corrected chi connectivity index (χ2v) is 23.7. The second kappa shape index (κ2) is 14.2. The third-order valence-electron chi connectivity index (χ3n) is 12.3. The van der Waals surface area contributed by atoms with Gasteiger partial charge >= 0.3 is 0 Å². The van der Waals surface area contributed by atoms with Crippen LogP contribution in [0.2, 0.25) is 0 Å². The average molecular weight is 790 g/mol. The lowest BCUT2D eigenvalue weighted by Crippen LogP contribution is -2.93. The Hall–Kier alpha value is -6.44. The van der Waals surface area contributed by atoms with Crippen LogP contribution in [0.3, 0.4) is 0 Å². The third kappa shape index (κ3) is 5.23. The molecule has 0 aliphatic carbocycles. The molecule has 1 nitrogen and oxygen atoms in total. The van der Waals surface area contributed by atoms with Gasteiger partial charge in [0.05, 0.1) is 0 Å². The van der Waals surface area contributed by atoms with Crippen LogP contribution in [0.25, 0.3) is 11.1 Å².